The van der Waals surface area contributed by atoms with E-state index in [2.05, 4.69) is 15.5 Å². The van der Waals surface area contributed by atoms with E-state index in [4.69, 9.17) is 4.18 Å². The number of hydrogen-bond donors (Lipinski definition) is 1. The van der Waals surface area contributed by atoms with Gasteiger partial charge < -0.3 is 9.50 Å². The minimum Gasteiger partial charge on any atom is -0.378 e. The van der Waals surface area contributed by atoms with E-state index in [1.165, 1.54) is 30.1 Å². The van der Waals surface area contributed by atoms with Crippen LogP contribution in [0.15, 0.2) is 81.8 Å². The molecule has 0 saturated carbocycles. The van der Waals surface area contributed by atoms with Crippen LogP contribution in [0.2, 0.25) is 0 Å². The van der Waals surface area contributed by atoms with Crippen molar-refractivity contribution < 1.29 is 17.4 Å². The second-order valence-corrected chi connectivity index (χ2v) is 9.82. The standard InChI is InChI=1S/C23H21N3O4S2/c1-2-8-21-22(27)25-23(31-21)26-24-15-19-18-12-7-6-9-16(18)13-14-20(19)30-32(28,29)17-10-4-3-5-11-17/h3-7,9-15,21H,2,8H2,1H3,(H,25,26,27)/b24-15+. The van der Waals surface area contributed by atoms with Crippen LogP contribution in [0.4, 0.5) is 0 Å². The van der Waals surface area contributed by atoms with Gasteiger partial charge in [-0.1, -0.05) is 73.6 Å². The van der Waals surface area contributed by atoms with Gasteiger partial charge in [0.2, 0.25) is 5.91 Å². The van der Waals surface area contributed by atoms with Gasteiger partial charge in [0.15, 0.2) is 10.9 Å². The molecule has 4 rings (SSSR count). The number of nitrogens with zero attached hydrogens (tertiary/aromatic N) is 2. The summed E-state index contributed by atoms with van der Waals surface area (Å²) < 4.78 is 31.0. The molecule has 1 amide bonds. The van der Waals surface area contributed by atoms with Gasteiger partial charge in [-0.2, -0.15) is 13.5 Å². The Morgan fingerprint density at radius 3 is 2.59 bits per heavy atom. The van der Waals surface area contributed by atoms with Crippen molar-refractivity contribution in [1.29, 1.82) is 0 Å². The summed E-state index contributed by atoms with van der Waals surface area (Å²) in [5.41, 5.74) is 0.478. The third-order valence-corrected chi connectivity index (χ3v) is 7.21. The molecule has 0 aliphatic carbocycles. The minimum absolute atomic E-state index is 0.0586. The van der Waals surface area contributed by atoms with Crippen LogP contribution >= 0.6 is 11.8 Å². The topological polar surface area (TPSA) is 97.2 Å². The van der Waals surface area contributed by atoms with Gasteiger partial charge in [0, 0.05) is 5.56 Å². The third-order valence-electron chi connectivity index (χ3n) is 4.82. The van der Waals surface area contributed by atoms with Gasteiger partial charge in [0.05, 0.1) is 11.5 Å². The van der Waals surface area contributed by atoms with E-state index >= 15 is 0 Å². The van der Waals surface area contributed by atoms with Crippen LogP contribution in [-0.2, 0) is 14.9 Å². The Balaban J connectivity index is 1.68. The highest BCUT2D eigenvalue weighted by molar-refractivity contribution is 8.15. The number of amides is 1. The SMILES string of the molecule is CCCC1S/C(=N/N=C/c2c(OS(=O)(=O)c3ccccc3)ccc3ccccc23)NC1=O. The number of nitrogens with one attached hydrogen (secondary N) is 1. The van der Waals surface area contributed by atoms with E-state index in [9.17, 15) is 13.2 Å². The third kappa shape index (κ3) is 4.84. The molecule has 1 saturated heterocycles. The molecule has 1 heterocycles. The predicted octanol–water partition coefficient (Wildman–Crippen LogP) is 4.33. The fourth-order valence-corrected chi connectivity index (χ4v) is 5.29. The molecule has 1 aliphatic rings. The number of fused-ring (bicyclic) bond motifs is 1. The molecule has 0 aromatic heterocycles. The highest BCUT2D eigenvalue weighted by Crippen LogP contribution is 2.29. The van der Waals surface area contributed by atoms with Gasteiger partial charge in [-0.25, -0.2) is 0 Å². The average molecular weight is 468 g/mol. The van der Waals surface area contributed by atoms with Crippen LogP contribution in [0.1, 0.15) is 25.3 Å². The lowest BCUT2D eigenvalue weighted by Gasteiger charge is -2.11. The number of amidine groups is 1. The van der Waals surface area contributed by atoms with Gasteiger partial charge in [-0.05, 0) is 35.4 Å². The fourth-order valence-electron chi connectivity index (χ4n) is 3.28. The maximum absolute atomic E-state index is 12.8. The molecule has 1 fully saturated rings. The number of rotatable bonds is 7. The Bertz CT molecular complexity index is 1310. The van der Waals surface area contributed by atoms with Gasteiger partial charge in [0.25, 0.3) is 0 Å². The maximum Gasteiger partial charge on any atom is 0.339 e. The normalized spacial score (nSPS) is 17.8. The number of benzene rings is 3. The quantitative estimate of drug-likeness (QED) is 0.317. The molecule has 3 aromatic rings. The first-order chi connectivity index (χ1) is 15.5. The molecule has 1 aliphatic heterocycles. The van der Waals surface area contributed by atoms with Crippen LogP contribution in [0, 0.1) is 0 Å². The summed E-state index contributed by atoms with van der Waals surface area (Å²) in [6.45, 7) is 2.02. The van der Waals surface area contributed by atoms with Crippen LogP contribution < -0.4 is 9.50 Å². The van der Waals surface area contributed by atoms with Crippen LogP contribution in [0.3, 0.4) is 0 Å². The van der Waals surface area contributed by atoms with Gasteiger partial charge in [0.1, 0.15) is 4.90 Å². The Hall–Kier alpha value is -3.17. The Morgan fingerprint density at radius 2 is 1.81 bits per heavy atom. The van der Waals surface area contributed by atoms with Crippen molar-refractivity contribution >= 4 is 49.9 Å². The average Bonchev–Trinajstić information content (AvgIpc) is 3.15. The molecule has 1 atom stereocenters. The number of thioether (sulfide) groups is 1. The summed E-state index contributed by atoms with van der Waals surface area (Å²) in [5.74, 6) is 0.0670. The van der Waals surface area contributed by atoms with E-state index in [1.807, 2.05) is 31.2 Å². The number of carbonyl (C=O) groups is 1. The van der Waals surface area contributed by atoms with Crippen LogP contribution in [-0.4, -0.2) is 31.0 Å². The fraction of sp³-hybridized carbons (Fsp3) is 0.174. The molecule has 164 valence electrons. The molecule has 9 heteroatoms. The highest BCUT2D eigenvalue weighted by atomic mass is 32.2. The zero-order valence-corrected chi connectivity index (χ0v) is 18.9. The van der Waals surface area contributed by atoms with Crippen molar-refractivity contribution in [2.75, 3.05) is 0 Å². The van der Waals surface area contributed by atoms with Crippen LogP contribution in [0.25, 0.3) is 10.8 Å². The second-order valence-electron chi connectivity index (χ2n) is 7.08. The second kappa shape index (κ2) is 9.54. The van der Waals surface area contributed by atoms with E-state index in [0.717, 1.165) is 23.6 Å². The van der Waals surface area contributed by atoms with E-state index in [0.29, 0.717) is 10.7 Å². The van der Waals surface area contributed by atoms with Gasteiger partial charge in [-0.15, -0.1) is 5.10 Å². The summed E-state index contributed by atoms with van der Waals surface area (Å²) in [6, 6.07) is 18.8. The largest absolute Gasteiger partial charge is 0.378 e. The van der Waals surface area contributed by atoms with E-state index in [-0.39, 0.29) is 21.8 Å². The zero-order valence-electron chi connectivity index (χ0n) is 17.3. The summed E-state index contributed by atoms with van der Waals surface area (Å²) in [7, 11) is -4.02. The van der Waals surface area contributed by atoms with Gasteiger partial charge in [-0.3, -0.25) is 4.79 Å². The van der Waals surface area contributed by atoms with Crippen molar-refractivity contribution in [3.63, 3.8) is 0 Å². The van der Waals surface area contributed by atoms with Gasteiger partial charge >= 0.3 is 10.1 Å². The first-order valence-electron chi connectivity index (χ1n) is 10.1. The molecule has 0 radical (unpaired) electrons. The summed E-state index contributed by atoms with van der Waals surface area (Å²) in [4.78, 5) is 12.0. The monoisotopic (exact) mass is 467 g/mol. The Kier molecular flexibility index (Phi) is 6.57. The molecule has 0 bridgehead atoms. The summed E-state index contributed by atoms with van der Waals surface area (Å²) in [5, 5.41) is 12.9. The molecule has 32 heavy (non-hydrogen) atoms. The summed E-state index contributed by atoms with van der Waals surface area (Å²) in [6.07, 6.45) is 3.11. The predicted molar refractivity (Wildman–Crippen MR) is 128 cm³/mol. The van der Waals surface area contributed by atoms with E-state index < -0.39 is 10.1 Å². The van der Waals surface area contributed by atoms with Crippen molar-refractivity contribution in [1.82, 2.24) is 5.32 Å². The summed E-state index contributed by atoms with van der Waals surface area (Å²) >= 11 is 1.34. The van der Waals surface area contributed by atoms with Crippen molar-refractivity contribution in [3.8, 4) is 5.75 Å². The van der Waals surface area contributed by atoms with Crippen molar-refractivity contribution in [3.05, 3.63) is 72.3 Å². The molecular formula is C23H21N3O4S2. The zero-order chi connectivity index (χ0) is 22.6. The first-order valence-corrected chi connectivity index (χ1v) is 12.4. The highest BCUT2D eigenvalue weighted by Gasteiger charge is 2.29. The molecule has 3 aromatic carbocycles. The van der Waals surface area contributed by atoms with E-state index in [1.54, 1.807) is 30.3 Å². The molecule has 1 unspecified atom stereocenters. The molecule has 1 N–H and O–H groups in total. The Morgan fingerprint density at radius 1 is 1.06 bits per heavy atom. The van der Waals surface area contributed by atoms with Crippen molar-refractivity contribution in [2.24, 2.45) is 10.2 Å². The lowest BCUT2D eigenvalue weighted by atomic mass is 10.0. The lowest BCUT2D eigenvalue weighted by Crippen LogP contribution is -2.24. The van der Waals surface area contributed by atoms with Crippen LogP contribution in [0.5, 0.6) is 5.75 Å². The maximum atomic E-state index is 12.8. The van der Waals surface area contributed by atoms with Crippen molar-refractivity contribution in [2.45, 2.75) is 29.9 Å². The minimum atomic E-state index is -4.02. The molecular weight excluding hydrogens is 446 g/mol. The molecule has 0 spiro atoms. The Labute approximate surface area is 190 Å². The molecule has 7 nitrogen and oxygen atoms in total. The first kappa shape index (κ1) is 22.0. The number of hydrogen-bond acceptors (Lipinski definition) is 7. The number of carbonyl (C=O) groups excluding carboxylic acids is 1. The lowest BCUT2D eigenvalue weighted by molar-refractivity contribution is -0.118. The smallest absolute Gasteiger partial charge is 0.339 e.